The Hall–Kier alpha value is -3.62. The van der Waals surface area contributed by atoms with Gasteiger partial charge in [0.15, 0.2) is 17.3 Å². The van der Waals surface area contributed by atoms with Crippen LogP contribution in [0.3, 0.4) is 0 Å². The lowest BCUT2D eigenvalue weighted by atomic mass is 10.1. The van der Waals surface area contributed by atoms with Gasteiger partial charge in [-0.15, -0.1) is 10.2 Å². The highest BCUT2D eigenvalue weighted by atomic mass is 19.4. The maximum atomic E-state index is 13.3. The highest BCUT2D eigenvalue weighted by Gasteiger charge is 2.32. The lowest BCUT2D eigenvalue weighted by Gasteiger charge is -2.15. The number of rotatable bonds is 5. The molecule has 0 radical (unpaired) electrons. The molecule has 0 unspecified atom stereocenters. The first-order valence-corrected chi connectivity index (χ1v) is 8.73. The summed E-state index contributed by atoms with van der Waals surface area (Å²) in [5, 5.41) is 11.1. The van der Waals surface area contributed by atoms with Crippen LogP contribution in [0.4, 0.5) is 19.0 Å². The summed E-state index contributed by atoms with van der Waals surface area (Å²) >= 11 is 0. The smallest absolute Gasteiger partial charge is 0.416 e. The van der Waals surface area contributed by atoms with Gasteiger partial charge in [0.2, 0.25) is 0 Å². The third-order valence-electron chi connectivity index (χ3n) is 4.35. The van der Waals surface area contributed by atoms with Crippen LogP contribution in [-0.2, 0) is 12.8 Å². The summed E-state index contributed by atoms with van der Waals surface area (Å²) in [6.07, 6.45) is -1.26. The molecule has 0 atom stereocenters. The second-order valence-corrected chi connectivity index (χ2v) is 6.23. The van der Waals surface area contributed by atoms with Crippen LogP contribution in [0.15, 0.2) is 60.9 Å². The number of nitrogens with one attached hydrogen (secondary N) is 1. The number of hydrogen-bond acceptors (Lipinski definition) is 5. The van der Waals surface area contributed by atoms with E-state index in [0.29, 0.717) is 22.9 Å². The molecule has 4 rings (SSSR count). The minimum atomic E-state index is -4.49. The number of alkyl halides is 3. The monoisotopic (exact) mass is 399 g/mol. The number of benzene rings is 2. The third-order valence-corrected chi connectivity index (χ3v) is 4.35. The first-order valence-electron chi connectivity index (χ1n) is 8.73. The average Bonchev–Trinajstić information content (AvgIpc) is 3.21. The average molecular weight is 399 g/mol. The summed E-state index contributed by atoms with van der Waals surface area (Å²) in [5.41, 5.74) is 0.921. The minimum Gasteiger partial charge on any atom is -0.488 e. The Morgan fingerprint density at radius 2 is 1.86 bits per heavy atom. The molecule has 0 saturated carbocycles. The molecule has 0 spiro atoms. The van der Waals surface area contributed by atoms with Crippen LogP contribution < -0.4 is 10.1 Å². The Labute approximate surface area is 164 Å². The van der Waals surface area contributed by atoms with E-state index in [1.54, 1.807) is 23.8 Å². The van der Waals surface area contributed by atoms with Gasteiger partial charge in [-0.3, -0.25) is 4.40 Å². The molecule has 4 aromatic rings. The fourth-order valence-corrected chi connectivity index (χ4v) is 2.92. The van der Waals surface area contributed by atoms with Crippen molar-refractivity contribution in [3.05, 3.63) is 72.1 Å². The predicted octanol–water partition coefficient (Wildman–Crippen LogP) is 4.43. The van der Waals surface area contributed by atoms with Crippen molar-refractivity contribution in [1.82, 2.24) is 19.6 Å². The van der Waals surface area contributed by atoms with Crippen LogP contribution in [0.25, 0.3) is 17.0 Å². The van der Waals surface area contributed by atoms with E-state index in [1.165, 1.54) is 6.07 Å². The molecule has 2 aromatic carbocycles. The first kappa shape index (κ1) is 18.7. The van der Waals surface area contributed by atoms with Gasteiger partial charge in [-0.05, 0) is 23.8 Å². The van der Waals surface area contributed by atoms with E-state index in [1.807, 2.05) is 30.3 Å². The molecule has 0 bridgehead atoms. The first-order chi connectivity index (χ1) is 14.0. The van der Waals surface area contributed by atoms with E-state index in [2.05, 4.69) is 20.5 Å². The quantitative estimate of drug-likeness (QED) is 0.538. The molecule has 2 aromatic heterocycles. The van der Waals surface area contributed by atoms with E-state index in [4.69, 9.17) is 4.74 Å². The summed E-state index contributed by atoms with van der Waals surface area (Å²) in [6.45, 7) is 0.115. The van der Waals surface area contributed by atoms with Gasteiger partial charge in [-0.25, -0.2) is 4.98 Å². The van der Waals surface area contributed by atoms with Crippen LogP contribution in [-0.4, -0.2) is 26.6 Å². The number of imidazole rings is 1. The van der Waals surface area contributed by atoms with E-state index in [9.17, 15) is 13.2 Å². The van der Waals surface area contributed by atoms with Crippen LogP contribution in [0, 0.1) is 0 Å². The van der Waals surface area contributed by atoms with Crippen molar-refractivity contribution in [1.29, 1.82) is 0 Å². The molecule has 6 nitrogen and oxygen atoms in total. The summed E-state index contributed by atoms with van der Waals surface area (Å²) in [6, 6.07) is 12.5. The van der Waals surface area contributed by atoms with E-state index in [-0.39, 0.29) is 12.4 Å². The number of fused-ring (bicyclic) bond motifs is 1. The van der Waals surface area contributed by atoms with Crippen molar-refractivity contribution in [3.63, 3.8) is 0 Å². The molecule has 0 aliphatic carbocycles. The Morgan fingerprint density at radius 3 is 2.59 bits per heavy atom. The fourth-order valence-electron chi connectivity index (χ4n) is 2.92. The second kappa shape index (κ2) is 7.42. The van der Waals surface area contributed by atoms with Gasteiger partial charge < -0.3 is 10.1 Å². The topological polar surface area (TPSA) is 64.3 Å². The molecule has 2 heterocycles. The van der Waals surface area contributed by atoms with Gasteiger partial charge in [-0.2, -0.15) is 13.2 Å². The molecule has 148 valence electrons. The van der Waals surface area contributed by atoms with Gasteiger partial charge in [0.05, 0.1) is 11.1 Å². The van der Waals surface area contributed by atoms with E-state index in [0.717, 1.165) is 17.7 Å². The number of hydrogen-bond donors (Lipinski definition) is 1. The Bertz CT molecular complexity index is 1140. The molecular weight excluding hydrogens is 383 g/mol. The molecular formula is C20H16F3N5O. The number of nitrogens with zero attached hydrogens (tertiary/aromatic N) is 4. The Balaban J connectivity index is 1.81. The van der Waals surface area contributed by atoms with Crippen molar-refractivity contribution >= 4 is 11.5 Å². The number of anilines is 1. The Morgan fingerprint density at radius 1 is 1.07 bits per heavy atom. The second-order valence-electron chi connectivity index (χ2n) is 6.23. The zero-order valence-corrected chi connectivity index (χ0v) is 15.3. The van der Waals surface area contributed by atoms with Crippen molar-refractivity contribution in [2.45, 2.75) is 12.8 Å². The molecule has 0 saturated heterocycles. The number of halogens is 3. The van der Waals surface area contributed by atoms with Crippen molar-refractivity contribution in [2.75, 3.05) is 12.4 Å². The van der Waals surface area contributed by atoms with Crippen molar-refractivity contribution in [2.24, 2.45) is 0 Å². The molecule has 0 aliphatic heterocycles. The standard InChI is InChI=1S/C20H16F3N5O/c1-24-17-19-25-9-10-28(19)18(27-26-17)15-8-7-14(20(21,22)23)11-16(15)29-12-13-5-3-2-4-6-13/h2-11H,12H2,1H3,(H,24,26). The van der Waals surface area contributed by atoms with Gasteiger partial charge >= 0.3 is 6.18 Å². The van der Waals surface area contributed by atoms with Crippen molar-refractivity contribution in [3.8, 4) is 17.1 Å². The molecule has 0 aliphatic rings. The molecule has 29 heavy (non-hydrogen) atoms. The van der Waals surface area contributed by atoms with Gasteiger partial charge in [-0.1, -0.05) is 30.3 Å². The maximum absolute atomic E-state index is 13.3. The normalized spacial score (nSPS) is 11.6. The van der Waals surface area contributed by atoms with Crippen molar-refractivity contribution < 1.29 is 17.9 Å². The molecule has 0 amide bonds. The summed E-state index contributed by atoms with van der Waals surface area (Å²) in [4.78, 5) is 4.23. The zero-order valence-electron chi connectivity index (χ0n) is 15.3. The minimum absolute atomic E-state index is 0.0604. The largest absolute Gasteiger partial charge is 0.488 e. The van der Waals surface area contributed by atoms with Crippen LogP contribution in [0.1, 0.15) is 11.1 Å². The third kappa shape index (κ3) is 3.71. The zero-order chi connectivity index (χ0) is 20.4. The fraction of sp³-hybridized carbons (Fsp3) is 0.150. The van der Waals surface area contributed by atoms with Crippen LogP contribution in [0.5, 0.6) is 5.75 Å². The maximum Gasteiger partial charge on any atom is 0.416 e. The molecule has 9 heteroatoms. The van der Waals surface area contributed by atoms with E-state index < -0.39 is 11.7 Å². The molecule has 0 fully saturated rings. The molecule has 1 N–H and O–H groups in total. The van der Waals surface area contributed by atoms with Crippen LogP contribution >= 0.6 is 0 Å². The highest BCUT2D eigenvalue weighted by Crippen LogP contribution is 2.37. The summed E-state index contributed by atoms with van der Waals surface area (Å²) in [5.74, 6) is 0.843. The predicted molar refractivity (Wildman–Crippen MR) is 102 cm³/mol. The Kier molecular flexibility index (Phi) is 4.79. The van der Waals surface area contributed by atoms with Gasteiger partial charge in [0, 0.05) is 19.4 Å². The van der Waals surface area contributed by atoms with Gasteiger partial charge in [0.25, 0.3) is 0 Å². The lowest BCUT2D eigenvalue weighted by Crippen LogP contribution is -2.08. The van der Waals surface area contributed by atoms with E-state index >= 15 is 0 Å². The summed E-state index contributed by atoms with van der Waals surface area (Å²) < 4.78 is 47.2. The number of aromatic nitrogens is 4. The number of ether oxygens (including phenoxy) is 1. The SMILES string of the molecule is CNc1nnc(-c2ccc(C(F)(F)F)cc2OCc2ccccc2)n2ccnc12. The van der Waals surface area contributed by atoms with Crippen LogP contribution in [0.2, 0.25) is 0 Å². The lowest BCUT2D eigenvalue weighted by molar-refractivity contribution is -0.137. The summed E-state index contributed by atoms with van der Waals surface area (Å²) in [7, 11) is 1.69. The highest BCUT2D eigenvalue weighted by molar-refractivity contribution is 5.71. The van der Waals surface area contributed by atoms with Gasteiger partial charge in [0.1, 0.15) is 12.4 Å².